The quantitative estimate of drug-likeness (QED) is 0.342. The third-order valence-electron chi connectivity index (χ3n) is 2.90. The fourth-order valence-corrected chi connectivity index (χ4v) is 1.87. The highest BCUT2D eigenvalue weighted by molar-refractivity contribution is 6.14. The van der Waals surface area contributed by atoms with Crippen LogP contribution in [0, 0.1) is 0 Å². The van der Waals surface area contributed by atoms with Crippen LogP contribution in [0.25, 0.3) is 11.3 Å². The van der Waals surface area contributed by atoms with Crippen molar-refractivity contribution >= 4 is 28.8 Å². The average molecular weight is 299 g/mol. The number of nitrogens with zero attached hydrogens (tertiary/aromatic N) is 5. The minimum absolute atomic E-state index is 0.0507. The van der Waals surface area contributed by atoms with E-state index < -0.39 is 5.97 Å². The third kappa shape index (κ3) is 2.18. The second-order valence-corrected chi connectivity index (χ2v) is 4.23. The molecule has 2 heterocycles. The van der Waals surface area contributed by atoms with E-state index in [2.05, 4.69) is 30.0 Å². The highest BCUT2D eigenvalue weighted by Gasteiger charge is 2.17. The topological polar surface area (TPSA) is 166 Å². The van der Waals surface area contributed by atoms with Crippen molar-refractivity contribution in [3.05, 3.63) is 41.1 Å². The molecule has 22 heavy (non-hydrogen) atoms. The van der Waals surface area contributed by atoms with Crippen LogP contribution in [-0.2, 0) is 0 Å². The number of nitrogens with two attached hydrogens (primary N) is 2. The summed E-state index contributed by atoms with van der Waals surface area (Å²) in [6, 6.07) is 5.92. The van der Waals surface area contributed by atoms with Gasteiger partial charge in [-0.25, -0.2) is 19.4 Å². The first-order chi connectivity index (χ1) is 10.6. The van der Waals surface area contributed by atoms with E-state index in [4.69, 9.17) is 16.7 Å². The number of anilines is 1. The maximum absolute atomic E-state index is 10.9. The summed E-state index contributed by atoms with van der Waals surface area (Å²) < 4.78 is 4.52. The maximum atomic E-state index is 10.9. The highest BCUT2D eigenvalue weighted by atomic mass is 16.6. The summed E-state index contributed by atoms with van der Waals surface area (Å²) in [5.41, 5.74) is 7.26. The van der Waals surface area contributed by atoms with Crippen LogP contribution in [0.4, 0.5) is 5.82 Å². The van der Waals surface area contributed by atoms with Gasteiger partial charge in [-0.3, -0.25) is 0 Å². The summed E-state index contributed by atoms with van der Waals surface area (Å²) >= 11 is 0. The Kier molecular flexibility index (Phi) is 3.10. The second-order valence-electron chi connectivity index (χ2n) is 4.23. The number of fused-ring (bicyclic) bond motifs is 1. The Morgan fingerprint density at radius 3 is 2.27 bits per heavy atom. The predicted molar refractivity (Wildman–Crippen MR) is 75.0 cm³/mol. The molecule has 0 aliphatic rings. The molecular formula is C12H9N7O3. The van der Waals surface area contributed by atoms with E-state index in [0.29, 0.717) is 5.56 Å². The molecule has 0 aliphatic heterocycles. The number of hydrazone groups is 1. The molecule has 10 heteroatoms. The lowest BCUT2D eigenvalue weighted by Gasteiger charge is -2.07. The van der Waals surface area contributed by atoms with Gasteiger partial charge in [-0.15, -0.1) is 0 Å². The van der Waals surface area contributed by atoms with E-state index in [1.54, 1.807) is 12.1 Å². The monoisotopic (exact) mass is 299 g/mol. The molecule has 0 atom stereocenters. The molecule has 0 fully saturated rings. The van der Waals surface area contributed by atoms with Crippen molar-refractivity contribution in [3.63, 3.8) is 0 Å². The minimum atomic E-state index is -1.04. The number of nitrogen functional groups attached to an aromatic ring is 1. The first-order valence-corrected chi connectivity index (χ1v) is 5.98. The summed E-state index contributed by atoms with van der Waals surface area (Å²) in [6.07, 6.45) is 0. The van der Waals surface area contributed by atoms with Gasteiger partial charge in [0.1, 0.15) is 11.4 Å². The van der Waals surface area contributed by atoms with Crippen LogP contribution >= 0.6 is 0 Å². The van der Waals surface area contributed by atoms with Crippen molar-refractivity contribution in [2.24, 2.45) is 10.9 Å². The molecule has 3 aromatic rings. The van der Waals surface area contributed by atoms with Crippen molar-refractivity contribution in [1.29, 1.82) is 0 Å². The van der Waals surface area contributed by atoms with Gasteiger partial charge in [0.25, 0.3) is 0 Å². The molecule has 5 N–H and O–H groups in total. The maximum Gasteiger partial charge on any atom is 0.335 e. The number of aromatic carboxylic acids is 1. The normalized spacial score (nSPS) is 11.7. The van der Waals surface area contributed by atoms with E-state index in [-0.39, 0.29) is 34.1 Å². The molecule has 0 saturated carbocycles. The molecule has 10 nitrogen and oxygen atoms in total. The van der Waals surface area contributed by atoms with E-state index in [1.807, 2.05) is 0 Å². The van der Waals surface area contributed by atoms with Gasteiger partial charge in [0.05, 0.1) is 5.56 Å². The van der Waals surface area contributed by atoms with Crippen LogP contribution in [0.1, 0.15) is 21.6 Å². The number of carboxylic acid groups (broad SMARTS) is 1. The lowest BCUT2D eigenvalue weighted by Crippen LogP contribution is -2.13. The molecule has 3 rings (SSSR count). The van der Waals surface area contributed by atoms with Gasteiger partial charge in [-0.1, -0.05) is 12.1 Å². The zero-order valence-electron chi connectivity index (χ0n) is 11.0. The molecule has 0 bridgehead atoms. The molecule has 0 radical (unpaired) electrons. The summed E-state index contributed by atoms with van der Waals surface area (Å²) in [5, 5.41) is 19.7. The van der Waals surface area contributed by atoms with Crippen molar-refractivity contribution < 1.29 is 14.5 Å². The Morgan fingerprint density at radius 1 is 1.09 bits per heavy atom. The van der Waals surface area contributed by atoms with E-state index in [9.17, 15) is 4.79 Å². The van der Waals surface area contributed by atoms with Crippen molar-refractivity contribution in [3.8, 4) is 0 Å². The Bertz CT molecular complexity index is 885. The van der Waals surface area contributed by atoms with Crippen LogP contribution in [0.2, 0.25) is 0 Å². The summed E-state index contributed by atoms with van der Waals surface area (Å²) in [7, 11) is 0. The summed E-state index contributed by atoms with van der Waals surface area (Å²) in [6.45, 7) is 0. The van der Waals surface area contributed by atoms with Gasteiger partial charge in [0, 0.05) is 5.56 Å². The van der Waals surface area contributed by atoms with Crippen LogP contribution in [-0.4, -0.2) is 37.1 Å². The van der Waals surface area contributed by atoms with Crippen molar-refractivity contribution in [2.45, 2.75) is 0 Å². The standard InChI is InChI=1S/C12H9N7O3/c13-9-8(15-10-11(16-9)19-22-18-10)7(17-14)5-1-3-6(4-2-5)12(20)21/h1-4H,14H2,(H,20,21)(H2,13,16,19)/b17-7+. The number of hydrogen-bond acceptors (Lipinski definition) is 9. The van der Waals surface area contributed by atoms with Crippen LogP contribution in [0.15, 0.2) is 34.0 Å². The van der Waals surface area contributed by atoms with Crippen LogP contribution in [0.5, 0.6) is 0 Å². The average Bonchev–Trinajstić information content (AvgIpc) is 2.96. The van der Waals surface area contributed by atoms with Gasteiger partial charge in [0.2, 0.25) is 11.3 Å². The Hall–Kier alpha value is -3.56. The first kappa shape index (κ1) is 13.4. The number of aromatic nitrogens is 4. The molecule has 0 amide bonds. The van der Waals surface area contributed by atoms with E-state index in [0.717, 1.165) is 0 Å². The Morgan fingerprint density at radius 2 is 1.68 bits per heavy atom. The number of rotatable bonds is 3. The van der Waals surface area contributed by atoms with Crippen LogP contribution in [0.3, 0.4) is 0 Å². The highest BCUT2D eigenvalue weighted by Crippen LogP contribution is 2.17. The molecule has 1 aromatic carbocycles. The van der Waals surface area contributed by atoms with Crippen molar-refractivity contribution in [2.75, 3.05) is 5.73 Å². The van der Waals surface area contributed by atoms with Gasteiger partial charge >= 0.3 is 5.97 Å². The molecule has 2 aromatic heterocycles. The smallest absolute Gasteiger partial charge is 0.335 e. The first-order valence-electron chi connectivity index (χ1n) is 5.98. The van der Waals surface area contributed by atoms with Gasteiger partial charge in [-0.2, -0.15) is 5.10 Å². The lowest BCUT2D eigenvalue weighted by molar-refractivity contribution is 0.0697. The minimum Gasteiger partial charge on any atom is -0.478 e. The molecule has 0 saturated heterocycles. The van der Waals surface area contributed by atoms with Gasteiger partial charge in [0.15, 0.2) is 5.82 Å². The second kappa shape index (κ2) is 5.09. The zero-order valence-corrected chi connectivity index (χ0v) is 11.0. The SMILES string of the molecule is N/N=C(\c1ccc(C(=O)O)cc1)c1nc2nonc2nc1N. The molecule has 0 unspecified atom stereocenters. The zero-order chi connectivity index (χ0) is 15.7. The Balaban J connectivity index is 2.09. The Labute approximate surface area is 122 Å². The van der Waals surface area contributed by atoms with Crippen molar-refractivity contribution in [1.82, 2.24) is 20.3 Å². The predicted octanol–water partition coefficient (Wildman–Crippen LogP) is 0.00430. The third-order valence-corrected chi connectivity index (χ3v) is 2.90. The lowest BCUT2D eigenvalue weighted by atomic mass is 10.0. The number of carboxylic acids is 1. The van der Waals surface area contributed by atoms with E-state index >= 15 is 0 Å². The fraction of sp³-hybridized carbons (Fsp3) is 0. The summed E-state index contributed by atoms with van der Waals surface area (Å²) in [5.74, 6) is 4.43. The number of hydrogen-bond donors (Lipinski definition) is 3. The molecule has 0 spiro atoms. The molecule has 110 valence electrons. The molecule has 0 aliphatic carbocycles. The van der Waals surface area contributed by atoms with Gasteiger partial charge in [-0.05, 0) is 22.4 Å². The number of benzene rings is 1. The summed E-state index contributed by atoms with van der Waals surface area (Å²) in [4.78, 5) is 19.0. The largest absolute Gasteiger partial charge is 0.478 e. The van der Waals surface area contributed by atoms with Gasteiger partial charge < -0.3 is 16.7 Å². The van der Waals surface area contributed by atoms with E-state index in [1.165, 1.54) is 12.1 Å². The molecular weight excluding hydrogens is 290 g/mol. The number of carbonyl (C=O) groups is 1. The fourth-order valence-electron chi connectivity index (χ4n) is 1.87. The van der Waals surface area contributed by atoms with Crippen LogP contribution < -0.4 is 11.6 Å².